The van der Waals surface area contributed by atoms with Gasteiger partial charge in [0.15, 0.2) is 5.65 Å². The van der Waals surface area contributed by atoms with Crippen molar-refractivity contribution in [1.29, 1.82) is 0 Å². The highest BCUT2D eigenvalue weighted by molar-refractivity contribution is 5.76. The summed E-state index contributed by atoms with van der Waals surface area (Å²) in [5.41, 5.74) is 2.81. The third-order valence-corrected chi connectivity index (χ3v) is 9.30. The van der Waals surface area contributed by atoms with E-state index in [9.17, 15) is 18.8 Å². The van der Waals surface area contributed by atoms with Gasteiger partial charge in [-0.1, -0.05) is 36.4 Å². The summed E-state index contributed by atoms with van der Waals surface area (Å²) in [6, 6.07) is 17.5. The first-order valence-electron chi connectivity index (χ1n) is 15.9. The van der Waals surface area contributed by atoms with Crippen molar-refractivity contribution >= 4 is 16.9 Å². The van der Waals surface area contributed by atoms with E-state index in [4.69, 9.17) is 0 Å². The molecule has 9 nitrogen and oxygen atoms in total. The zero-order valence-corrected chi connectivity index (χ0v) is 26.2. The van der Waals surface area contributed by atoms with Crippen LogP contribution in [0, 0.1) is 5.82 Å². The summed E-state index contributed by atoms with van der Waals surface area (Å²) in [4.78, 5) is 48.5. The minimum Gasteiger partial charge on any atom is -0.354 e. The Bertz CT molecular complexity index is 1800. The fourth-order valence-electron chi connectivity index (χ4n) is 6.83. The standard InChI is InChI=1S/C35H41FN6O3/c1-23(2)40-17-15-39(16-18-40)22-25-7-9-26(10-8-25)27-5-4-6-31(19-27)41-33-32(20-28(36)21-37-33)34(44)42(35(41)45)30-13-11-29(12-14-30)38-24(3)43/h4-10,19-21,23,29-30H,11-18,22H2,1-3H3,(H,38,43). The molecule has 10 heteroatoms. The number of hydrogen-bond donors (Lipinski definition) is 1. The van der Waals surface area contributed by atoms with Gasteiger partial charge in [-0.3, -0.25) is 24.0 Å². The third kappa shape index (κ3) is 6.62. The molecule has 6 rings (SSSR count). The minimum absolute atomic E-state index is 0.00871. The Kier molecular flexibility index (Phi) is 8.96. The zero-order valence-electron chi connectivity index (χ0n) is 26.2. The van der Waals surface area contributed by atoms with Crippen molar-refractivity contribution < 1.29 is 9.18 Å². The maximum atomic E-state index is 14.4. The number of nitrogens with zero attached hydrogens (tertiary/aromatic N) is 5. The van der Waals surface area contributed by atoms with Crippen LogP contribution in [0.2, 0.25) is 0 Å². The molecule has 2 fully saturated rings. The lowest BCUT2D eigenvalue weighted by atomic mass is 9.91. The molecule has 0 atom stereocenters. The van der Waals surface area contributed by atoms with E-state index in [0.717, 1.165) is 56.1 Å². The van der Waals surface area contributed by atoms with Gasteiger partial charge < -0.3 is 5.32 Å². The number of halogens is 1. The van der Waals surface area contributed by atoms with Crippen LogP contribution in [0.25, 0.3) is 27.8 Å². The van der Waals surface area contributed by atoms with Crippen LogP contribution in [0.15, 0.2) is 70.4 Å². The fraction of sp³-hybridized carbons (Fsp3) is 0.429. The number of rotatable bonds is 7. The molecule has 1 aliphatic carbocycles. The number of nitrogens with one attached hydrogen (secondary N) is 1. The average molecular weight is 613 g/mol. The normalized spacial score (nSPS) is 19.7. The molecule has 2 aromatic heterocycles. The first kappa shape index (κ1) is 30.9. The second-order valence-corrected chi connectivity index (χ2v) is 12.7. The molecular formula is C35H41FN6O3. The SMILES string of the molecule is CC(=O)NC1CCC(n2c(=O)c3cc(F)cnc3n(-c3cccc(-c4ccc(CN5CCN(C(C)C)CC5)cc4)c3)c2=O)CC1. The van der Waals surface area contributed by atoms with Crippen LogP contribution < -0.4 is 16.6 Å². The van der Waals surface area contributed by atoms with Crippen LogP contribution in [0.3, 0.4) is 0 Å². The van der Waals surface area contributed by atoms with Crippen molar-refractivity contribution in [3.63, 3.8) is 0 Å². The number of aromatic nitrogens is 3. The minimum atomic E-state index is -0.638. The molecule has 1 N–H and O–H groups in total. The number of fused-ring (bicyclic) bond motifs is 1. The van der Waals surface area contributed by atoms with Crippen LogP contribution in [-0.4, -0.2) is 68.1 Å². The molecular weight excluding hydrogens is 571 g/mol. The summed E-state index contributed by atoms with van der Waals surface area (Å²) >= 11 is 0. The summed E-state index contributed by atoms with van der Waals surface area (Å²) in [6.07, 6.45) is 3.43. The molecule has 0 spiro atoms. The summed E-state index contributed by atoms with van der Waals surface area (Å²) < 4.78 is 17.1. The maximum Gasteiger partial charge on any atom is 0.337 e. The van der Waals surface area contributed by atoms with Crippen molar-refractivity contribution in [1.82, 2.24) is 29.2 Å². The molecule has 1 amide bonds. The molecule has 0 radical (unpaired) electrons. The predicted molar refractivity (Wildman–Crippen MR) is 174 cm³/mol. The van der Waals surface area contributed by atoms with Crippen LogP contribution in [0.4, 0.5) is 4.39 Å². The summed E-state index contributed by atoms with van der Waals surface area (Å²) in [5, 5.41) is 2.99. The molecule has 0 unspecified atom stereocenters. The van der Waals surface area contributed by atoms with Gasteiger partial charge in [0.25, 0.3) is 5.56 Å². The first-order valence-corrected chi connectivity index (χ1v) is 15.9. The Morgan fingerprint density at radius 1 is 0.956 bits per heavy atom. The third-order valence-electron chi connectivity index (χ3n) is 9.30. The monoisotopic (exact) mass is 612 g/mol. The molecule has 2 aliphatic rings. The summed E-state index contributed by atoms with van der Waals surface area (Å²) in [7, 11) is 0. The van der Waals surface area contributed by atoms with Crippen molar-refractivity contribution in [2.24, 2.45) is 0 Å². The van der Waals surface area contributed by atoms with Crippen molar-refractivity contribution in [3.8, 4) is 16.8 Å². The molecule has 4 aromatic rings. The van der Waals surface area contributed by atoms with Crippen LogP contribution in [-0.2, 0) is 11.3 Å². The van der Waals surface area contributed by atoms with E-state index < -0.39 is 17.1 Å². The quantitative estimate of drug-likeness (QED) is 0.331. The Hall–Kier alpha value is -4.15. The lowest BCUT2D eigenvalue weighted by Crippen LogP contribution is -2.48. The Labute approximate surface area is 262 Å². The van der Waals surface area contributed by atoms with Gasteiger partial charge in [0.1, 0.15) is 5.82 Å². The van der Waals surface area contributed by atoms with Gasteiger partial charge in [-0.25, -0.2) is 18.7 Å². The Balaban J connectivity index is 1.30. The van der Waals surface area contributed by atoms with Crippen molar-refractivity contribution in [3.05, 3.63) is 93.0 Å². The van der Waals surface area contributed by atoms with Gasteiger partial charge in [0.2, 0.25) is 5.91 Å². The number of carbonyl (C=O) groups excluding carboxylic acids is 1. The van der Waals surface area contributed by atoms with Gasteiger partial charge in [0.05, 0.1) is 17.3 Å². The number of amides is 1. The van der Waals surface area contributed by atoms with E-state index in [1.807, 2.05) is 24.3 Å². The Morgan fingerprint density at radius 2 is 1.67 bits per heavy atom. The molecule has 2 aromatic carbocycles. The number of benzene rings is 2. The molecule has 0 bridgehead atoms. The predicted octanol–water partition coefficient (Wildman–Crippen LogP) is 4.50. The van der Waals surface area contributed by atoms with Crippen molar-refractivity contribution in [2.75, 3.05) is 26.2 Å². The van der Waals surface area contributed by atoms with Crippen LogP contribution in [0.1, 0.15) is 58.1 Å². The van der Waals surface area contributed by atoms with Crippen LogP contribution >= 0.6 is 0 Å². The van der Waals surface area contributed by atoms with E-state index in [2.05, 4.69) is 58.2 Å². The number of hydrogen-bond acceptors (Lipinski definition) is 6. The average Bonchev–Trinajstić information content (AvgIpc) is 3.03. The van der Waals surface area contributed by atoms with Gasteiger partial charge in [-0.05, 0) is 74.4 Å². The van der Waals surface area contributed by atoms with Gasteiger partial charge in [-0.2, -0.15) is 0 Å². The van der Waals surface area contributed by atoms with E-state index in [1.165, 1.54) is 21.6 Å². The molecule has 1 saturated carbocycles. The molecule has 1 aliphatic heterocycles. The Morgan fingerprint density at radius 3 is 2.33 bits per heavy atom. The second kappa shape index (κ2) is 13.1. The van der Waals surface area contributed by atoms with Gasteiger partial charge in [-0.15, -0.1) is 0 Å². The van der Waals surface area contributed by atoms with E-state index >= 15 is 0 Å². The van der Waals surface area contributed by atoms with Gasteiger partial charge >= 0.3 is 5.69 Å². The highest BCUT2D eigenvalue weighted by atomic mass is 19.1. The number of carbonyl (C=O) groups is 1. The number of piperazine rings is 1. The smallest absolute Gasteiger partial charge is 0.337 e. The largest absolute Gasteiger partial charge is 0.354 e. The van der Waals surface area contributed by atoms with Crippen molar-refractivity contribution in [2.45, 2.75) is 71.1 Å². The lowest BCUT2D eigenvalue weighted by molar-refractivity contribution is -0.119. The summed E-state index contributed by atoms with van der Waals surface area (Å²) in [5.74, 6) is -0.735. The highest BCUT2D eigenvalue weighted by Crippen LogP contribution is 2.28. The van der Waals surface area contributed by atoms with E-state index in [1.54, 1.807) is 0 Å². The zero-order chi connectivity index (χ0) is 31.7. The number of pyridine rings is 1. The van der Waals surface area contributed by atoms with E-state index in [0.29, 0.717) is 37.4 Å². The van der Waals surface area contributed by atoms with E-state index in [-0.39, 0.29) is 29.0 Å². The topological polar surface area (TPSA) is 92.5 Å². The molecule has 45 heavy (non-hydrogen) atoms. The second-order valence-electron chi connectivity index (χ2n) is 12.7. The maximum absolute atomic E-state index is 14.4. The molecule has 236 valence electrons. The molecule has 3 heterocycles. The lowest BCUT2D eigenvalue weighted by Gasteiger charge is -2.36. The fourth-order valence-corrected chi connectivity index (χ4v) is 6.83. The van der Waals surface area contributed by atoms with Gasteiger partial charge in [0, 0.05) is 57.8 Å². The summed E-state index contributed by atoms with van der Waals surface area (Å²) in [6.45, 7) is 11.2. The first-order chi connectivity index (χ1) is 21.7. The van der Waals surface area contributed by atoms with Crippen LogP contribution in [0.5, 0.6) is 0 Å². The highest BCUT2D eigenvalue weighted by Gasteiger charge is 2.27. The molecule has 1 saturated heterocycles.